The van der Waals surface area contributed by atoms with Gasteiger partial charge in [-0.05, 0) is 0 Å². The molecular weight excluding hydrogens is 285 g/mol. The zero-order valence-electron chi connectivity index (χ0n) is 12.2. The Morgan fingerprint density at radius 2 is 1.50 bits per heavy atom. The largest absolute Gasteiger partial charge is 1.00 e. The van der Waals surface area contributed by atoms with Crippen molar-refractivity contribution in [1.82, 2.24) is 4.90 Å². The number of aliphatic hydroxyl groups is 2. The fourth-order valence-electron chi connectivity index (χ4n) is 1.77. The van der Waals surface area contributed by atoms with Crippen molar-refractivity contribution in [2.45, 2.75) is 12.1 Å². The van der Waals surface area contributed by atoms with Crippen LogP contribution in [-0.4, -0.2) is 93.1 Å². The Morgan fingerprint density at radius 1 is 1.10 bits per heavy atom. The van der Waals surface area contributed by atoms with Crippen molar-refractivity contribution < 1.29 is 51.5 Å². The van der Waals surface area contributed by atoms with E-state index in [2.05, 4.69) is 0 Å². The first kappa shape index (κ1) is 22.6. The second-order valence-electron chi connectivity index (χ2n) is 4.08. The molecule has 116 valence electrons. The van der Waals surface area contributed by atoms with Crippen LogP contribution in [0.25, 0.3) is 0 Å². The first-order chi connectivity index (χ1) is 8.89. The van der Waals surface area contributed by atoms with Gasteiger partial charge < -0.3 is 24.2 Å². The van der Waals surface area contributed by atoms with Crippen molar-refractivity contribution in [2.24, 2.45) is 0 Å². The Kier molecular flexibility index (Phi) is 13.5. The van der Waals surface area contributed by atoms with Crippen molar-refractivity contribution in [3.05, 3.63) is 0 Å². The van der Waals surface area contributed by atoms with Crippen LogP contribution in [0, 0.1) is 0 Å². The predicted octanol–water partition coefficient (Wildman–Crippen LogP) is -5.15. The van der Waals surface area contributed by atoms with Gasteiger partial charge >= 0.3 is 18.9 Å². The maximum atomic E-state index is 10.7. The van der Waals surface area contributed by atoms with Crippen molar-refractivity contribution in [3.63, 3.8) is 0 Å². The molecule has 0 radical (unpaired) electrons. The maximum Gasteiger partial charge on any atom is 1.00 e. The third kappa shape index (κ3) is 9.28. The summed E-state index contributed by atoms with van der Waals surface area (Å²) in [6.45, 7) is -0.375. The summed E-state index contributed by atoms with van der Waals surface area (Å²) in [6, 6.07) is -1.03. The molecule has 2 atom stereocenters. The van der Waals surface area contributed by atoms with E-state index < -0.39 is 28.0 Å². The average Bonchev–Trinajstić information content (AvgIpc) is 2.34. The minimum atomic E-state index is -4.37. The van der Waals surface area contributed by atoms with Gasteiger partial charge in [0.1, 0.15) is 0 Å². The molecule has 0 aromatic rings. The molecule has 0 aliphatic carbocycles. The molecule has 8 nitrogen and oxygen atoms in total. The summed E-state index contributed by atoms with van der Waals surface area (Å²) in [5.74, 6) is -0.604. The smallest absolute Gasteiger partial charge is 0.748 e. The molecule has 20 heavy (non-hydrogen) atoms. The number of ether oxygens (including phenoxy) is 2. The van der Waals surface area contributed by atoms with Crippen LogP contribution in [0.2, 0.25) is 0 Å². The van der Waals surface area contributed by atoms with Gasteiger partial charge in [-0.1, -0.05) is 0 Å². The topological polar surface area (TPSA) is 119 Å². The summed E-state index contributed by atoms with van der Waals surface area (Å²) in [5.41, 5.74) is 0. The van der Waals surface area contributed by atoms with Crippen LogP contribution < -0.4 is 18.9 Å². The van der Waals surface area contributed by atoms with E-state index in [9.17, 15) is 23.2 Å². The van der Waals surface area contributed by atoms with Gasteiger partial charge in [0.15, 0.2) is 0 Å². The molecule has 0 spiro atoms. The fraction of sp³-hybridized carbons (Fsp3) is 1.00. The van der Waals surface area contributed by atoms with Crippen molar-refractivity contribution in [2.75, 3.05) is 52.9 Å². The summed E-state index contributed by atoms with van der Waals surface area (Å²) in [5, 5.41) is 18.6. The van der Waals surface area contributed by atoms with Gasteiger partial charge in [0, 0.05) is 20.8 Å². The van der Waals surface area contributed by atoms with Gasteiger partial charge in [0.2, 0.25) is 0 Å². The molecule has 2 N–H and O–H groups in total. The molecule has 0 bridgehead atoms. The second kappa shape index (κ2) is 11.9. The Bertz CT molecular complexity index is 314. The van der Waals surface area contributed by atoms with E-state index in [4.69, 9.17) is 9.47 Å². The Morgan fingerprint density at radius 3 is 1.75 bits per heavy atom. The molecule has 0 rings (SSSR count). The van der Waals surface area contributed by atoms with Crippen LogP contribution in [0.15, 0.2) is 0 Å². The van der Waals surface area contributed by atoms with E-state index in [1.807, 2.05) is 0 Å². The summed E-state index contributed by atoms with van der Waals surface area (Å²) < 4.78 is 42.0. The molecular formula is C10H22LiNO7S. The molecule has 0 aliphatic rings. The zero-order chi connectivity index (χ0) is 14.9. The average molecular weight is 307 g/mol. The van der Waals surface area contributed by atoms with Gasteiger partial charge in [-0.25, -0.2) is 8.42 Å². The maximum absolute atomic E-state index is 10.7. The molecule has 0 amide bonds. The van der Waals surface area contributed by atoms with Crippen molar-refractivity contribution >= 4 is 10.1 Å². The van der Waals surface area contributed by atoms with Crippen LogP contribution >= 0.6 is 0 Å². The van der Waals surface area contributed by atoms with E-state index in [0.29, 0.717) is 0 Å². The Hall–Kier alpha value is 0.307. The molecule has 2 unspecified atom stereocenters. The number of aliphatic hydroxyl groups excluding tert-OH is 2. The van der Waals surface area contributed by atoms with Crippen LogP contribution in [0.1, 0.15) is 0 Å². The third-order valence-electron chi connectivity index (χ3n) is 2.68. The minimum absolute atomic E-state index is 0. The number of nitrogens with zero attached hydrogens (tertiary/aromatic N) is 1. The van der Waals surface area contributed by atoms with E-state index in [1.54, 1.807) is 0 Å². The number of hydrogen-bond acceptors (Lipinski definition) is 8. The fourth-order valence-corrected chi connectivity index (χ4v) is 2.21. The molecule has 0 fully saturated rings. The van der Waals surface area contributed by atoms with E-state index in [-0.39, 0.29) is 51.8 Å². The molecule has 10 heteroatoms. The zero-order valence-corrected chi connectivity index (χ0v) is 13.0. The number of hydrogen-bond donors (Lipinski definition) is 2. The number of rotatable bonds is 11. The standard InChI is InChI=1S/C10H23NO7S.Li/c1-17-7-9(5-12)11(3-4-19(14,15)16)10(6-13)8-18-2;/h9-10,12-13H,3-8H2,1-2H3,(H,14,15,16);/q;+1/p-1. The first-order valence-corrected chi connectivity index (χ1v) is 7.36. The van der Waals surface area contributed by atoms with Gasteiger partial charge in [-0.2, -0.15) is 0 Å². The minimum Gasteiger partial charge on any atom is -0.748 e. The summed E-state index contributed by atoms with van der Waals surface area (Å²) in [4.78, 5) is 1.52. The normalized spacial score (nSPS) is 14.9. The molecule has 0 aliphatic heterocycles. The van der Waals surface area contributed by atoms with Crippen molar-refractivity contribution in [3.8, 4) is 0 Å². The van der Waals surface area contributed by atoms with Crippen LogP contribution in [-0.2, 0) is 19.6 Å². The predicted molar refractivity (Wildman–Crippen MR) is 66.8 cm³/mol. The summed E-state index contributed by atoms with van der Waals surface area (Å²) in [6.07, 6.45) is 0. The SMILES string of the molecule is COCC(CO)N(CCS(=O)(=O)[O-])C(CO)COC.[Li+]. The van der Waals surface area contributed by atoms with Gasteiger partial charge in [-0.3, -0.25) is 4.90 Å². The van der Waals surface area contributed by atoms with Crippen LogP contribution in [0.4, 0.5) is 0 Å². The molecule has 0 saturated heterocycles. The molecule has 0 aromatic carbocycles. The third-order valence-corrected chi connectivity index (χ3v) is 3.36. The van der Waals surface area contributed by atoms with Crippen molar-refractivity contribution in [1.29, 1.82) is 0 Å². The Labute approximate surface area is 132 Å². The van der Waals surface area contributed by atoms with Crippen LogP contribution in [0.3, 0.4) is 0 Å². The van der Waals surface area contributed by atoms with Gasteiger partial charge in [0.05, 0.1) is 54.4 Å². The molecule has 0 aromatic heterocycles. The molecule has 0 saturated carbocycles. The Balaban J connectivity index is 0. The molecule has 0 heterocycles. The quantitative estimate of drug-likeness (QED) is 0.287. The second-order valence-corrected chi connectivity index (χ2v) is 5.61. The first-order valence-electron chi connectivity index (χ1n) is 5.78. The van der Waals surface area contributed by atoms with Gasteiger partial charge in [0.25, 0.3) is 0 Å². The number of methoxy groups -OCH3 is 2. The van der Waals surface area contributed by atoms with Crippen LogP contribution in [0.5, 0.6) is 0 Å². The van der Waals surface area contributed by atoms with E-state index >= 15 is 0 Å². The summed E-state index contributed by atoms with van der Waals surface area (Å²) in [7, 11) is -1.49. The summed E-state index contributed by atoms with van der Waals surface area (Å²) >= 11 is 0. The van der Waals surface area contributed by atoms with Gasteiger partial charge in [-0.15, -0.1) is 0 Å². The monoisotopic (exact) mass is 307 g/mol. The van der Waals surface area contributed by atoms with E-state index in [1.165, 1.54) is 19.1 Å². The van der Waals surface area contributed by atoms with E-state index in [0.717, 1.165) is 0 Å².